The molecule has 0 fully saturated rings. The molecule has 0 spiro atoms. The molecular formula is C19H21Cl2NO3. The zero-order chi connectivity index (χ0) is 18.2. The Kier molecular flexibility index (Phi) is 7.41. The molecule has 6 heteroatoms. The van der Waals surface area contributed by atoms with Gasteiger partial charge in [-0.25, -0.2) is 0 Å². The average Bonchev–Trinajstić information content (AvgIpc) is 2.58. The molecule has 2 aromatic carbocycles. The molecule has 2 aromatic rings. The predicted octanol–water partition coefficient (Wildman–Crippen LogP) is 5.47. The molecule has 0 heterocycles. The Labute approximate surface area is 158 Å². The summed E-state index contributed by atoms with van der Waals surface area (Å²) >= 11 is 12.0. The number of hydrogen-bond donors (Lipinski definition) is 1. The van der Waals surface area contributed by atoms with Crippen LogP contribution in [0.25, 0.3) is 0 Å². The number of phenols is 1. The monoisotopic (exact) mass is 381 g/mol. The number of halogens is 2. The van der Waals surface area contributed by atoms with Crippen molar-refractivity contribution in [1.82, 2.24) is 0 Å². The molecule has 1 N–H and O–H groups in total. The molecule has 0 saturated heterocycles. The minimum absolute atomic E-state index is 0.0110. The van der Waals surface area contributed by atoms with E-state index in [1.165, 1.54) is 12.1 Å². The van der Waals surface area contributed by atoms with E-state index in [0.717, 1.165) is 17.5 Å². The maximum Gasteiger partial charge on any atom is 0.156 e. The van der Waals surface area contributed by atoms with Crippen LogP contribution in [0, 0.1) is 0 Å². The Balaban J connectivity index is 1.86. The first-order valence-electron chi connectivity index (χ1n) is 8.08. The van der Waals surface area contributed by atoms with Gasteiger partial charge in [-0.1, -0.05) is 59.5 Å². The molecule has 0 aliphatic heterocycles. The first-order valence-corrected chi connectivity index (χ1v) is 8.84. The van der Waals surface area contributed by atoms with E-state index in [9.17, 15) is 5.11 Å². The lowest BCUT2D eigenvalue weighted by atomic mass is 10.1. The summed E-state index contributed by atoms with van der Waals surface area (Å²) in [4.78, 5) is 5.28. The van der Waals surface area contributed by atoms with Crippen LogP contribution < -0.4 is 4.74 Å². The van der Waals surface area contributed by atoms with Gasteiger partial charge in [0.25, 0.3) is 0 Å². The number of rotatable bonds is 8. The molecule has 1 atom stereocenters. The molecule has 0 bridgehead atoms. The number of hydrogen-bond acceptors (Lipinski definition) is 4. The Morgan fingerprint density at radius 1 is 1.16 bits per heavy atom. The van der Waals surface area contributed by atoms with E-state index in [-0.39, 0.29) is 21.9 Å². The molecule has 0 amide bonds. The second-order valence-corrected chi connectivity index (χ2v) is 6.45. The van der Waals surface area contributed by atoms with Crippen molar-refractivity contribution < 1.29 is 14.7 Å². The van der Waals surface area contributed by atoms with Gasteiger partial charge in [0, 0.05) is 18.6 Å². The molecule has 1 unspecified atom stereocenters. The van der Waals surface area contributed by atoms with Crippen molar-refractivity contribution in [2.24, 2.45) is 5.16 Å². The molecule has 25 heavy (non-hydrogen) atoms. The van der Waals surface area contributed by atoms with E-state index < -0.39 is 0 Å². The topological polar surface area (TPSA) is 51.0 Å². The molecule has 0 radical (unpaired) electrons. The number of oxime groups is 1. The van der Waals surface area contributed by atoms with Crippen molar-refractivity contribution in [3.8, 4) is 11.5 Å². The van der Waals surface area contributed by atoms with Crippen LogP contribution in [0.5, 0.6) is 11.5 Å². The standard InChI is InChI=1S/C19H21Cl2NO3/c1-3-13(2)25-22-12-15-6-4-14(5-7-15)8-9-24-19-17(20)10-16(23)11-18(19)21/h4-7,10-13,23H,3,8-9H2,1-2H3. The van der Waals surface area contributed by atoms with Crippen molar-refractivity contribution in [2.45, 2.75) is 32.8 Å². The Morgan fingerprint density at radius 2 is 1.80 bits per heavy atom. The molecule has 2 rings (SSSR count). The molecule has 134 valence electrons. The fraction of sp³-hybridized carbons (Fsp3) is 0.316. The van der Waals surface area contributed by atoms with E-state index in [0.29, 0.717) is 18.8 Å². The Morgan fingerprint density at radius 3 is 2.40 bits per heavy atom. The van der Waals surface area contributed by atoms with Gasteiger partial charge >= 0.3 is 0 Å². The van der Waals surface area contributed by atoms with Gasteiger partial charge in [-0.05, 0) is 24.5 Å². The van der Waals surface area contributed by atoms with E-state index in [1.54, 1.807) is 6.21 Å². The van der Waals surface area contributed by atoms with Crippen LogP contribution in [0.2, 0.25) is 10.0 Å². The fourth-order valence-electron chi connectivity index (χ4n) is 2.00. The van der Waals surface area contributed by atoms with Crippen LogP contribution >= 0.6 is 23.2 Å². The minimum atomic E-state index is 0.0110. The summed E-state index contributed by atoms with van der Waals surface area (Å²) in [6, 6.07) is 10.8. The lowest BCUT2D eigenvalue weighted by Gasteiger charge is -2.10. The zero-order valence-electron chi connectivity index (χ0n) is 14.2. The van der Waals surface area contributed by atoms with Crippen molar-refractivity contribution >= 4 is 29.4 Å². The Hall–Kier alpha value is -1.91. The third-order valence-electron chi connectivity index (χ3n) is 3.62. The van der Waals surface area contributed by atoms with Crippen molar-refractivity contribution in [2.75, 3.05) is 6.61 Å². The van der Waals surface area contributed by atoms with Gasteiger partial charge in [-0.15, -0.1) is 0 Å². The number of ether oxygens (including phenoxy) is 1. The summed E-state index contributed by atoms with van der Waals surface area (Å²) in [6.45, 7) is 4.46. The lowest BCUT2D eigenvalue weighted by molar-refractivity contribution is 0.0712. The van der Waals surface area contributed by atoms with Crippen LogP contribution in [0.1, 0.15) is 31.4 Å². The van der Waals surface area contributed by atoms with E-state index in [1.807, 2.05) is 31.2 Å². The number of benzene rings is 2. The maximum absolute atomic E-state index is 9.41. The SMILES string of the molecule is CCC(C)ON=Cc1ccc(CCOc2c(Cl)cc(O)cc2Cl)cc1. The lowest BCUT2D eigenvalue weighted by Crippen LogP contribution is -2.02. The van der Waals surface area contributed by atoms with Crippen LogP contribution in [0.4, 0.5) is 0 Å². The number of aromatic hydroxyl groups is 1. The van der Waals surface area contributed by atoms with Crippen molar-refractivity contribution in [1.29, 1.82) is 0 Å². The second kappa shape index (κ2) is 9.54. The first-order chi connectivity index (χ1) is 12.0. The van der Waals surface area contributed by atoms with Crippen molar-refractivity contribution in [3.63, 3.8) is 0 Å². The average molecular weight is 382 g/mol. The van der Waals surface area contributed by atoms with E-state index in [4.69, 9.17) is 32.8 Å². The Bertz CT molecular complexity index is 694. The summed E-state index contributed by atoms with van der Waals surface area (Å²) in [7, 11) is 0. The summed E-state index contributed by atoms with van der Waals surface area (Å²) in [6.07, 6.45) is 3.44. The van der Waals surface area contributed by atoms with Gasteiger partial charge in [0.05, 0.1) is 22.9 Å². The van der Waals surface area contributed by atoms with Crippen molar-refractivity contribution in [3.05, 3.63) is 57.6 Å². The molecule has 0 saturated carbocycles. The third-order valence-corrected chi connectivity index (χ3v) is 4.18. The fourth-order valence-corrected chi connectivity index (χ4v) is 2.58. The van der Waals surface area contributed by atoms with Crippen LogP contribution in [-0.2, 0) is 11.3 Å². The number of nitrogens with zero attached hydrogens (tertiary/aromatic N) is 1. The van der Waals surface area contributed by atoms with E-state index >= 15 is 0 Å². The molecule has 0 aromatic heterocycles. The predicted molar refractivity (Wildman–Crippen MR) is 102 cm³/mol. The molecule has 0 aliphatic rings. The van der Waals surface area contributed by atoms with Gasteiger partial charge in [0.1, 0.15) is 11.9 Å². The van der Waals surface area contributed by atoms with Gasteiger partial charge in [0.2, 0.25) is 0 Å². The smallest absolute Gasteiger partial charge is 0.156 e. The normalized spacial score (nSPS) is 12.3. The summed E-state index contributed by atoms with van der Waals surface area (Å²) in [5.74, 6) is 0.393. The van der Waals surface area contributed by atoms with Crippen LogP contribution in [0.15, 0.2) is 41.6 Å². The highest BCUT2D eigenvalue weighted by molar-refractivity contribution is 6.37. The first kappa shape index (κ1) is 19.4. The van der Waals surface area contributed by atoms with Gasteiger partial charge in [-0.2, -0.15) is 0 Å². The second-order valence-electron chi connectivity index (χ2n) is 5.64. The number of phenolic OH excluding ortho intramolecular Hbond substituents is 1. The van der Waals surface area contributed by atoms with E-state index in [2.05, 4.69) is 12.1 Å². The largest absolute Gasteiger partial charge is 0.508 e. The van der Waals surface area contributed by atoms with Crippen LogP contribution in [0.3, 0.4) is 0 Å². The van der Waals surface area contributed by atoms with Gasteiger partial charge in [-0.3, -0.25) is 0 Å². The summed E-state index contributed by atoms with van der Waals surface area (Å²) < 4.78 is 5.64. The quantitative estimate of drug-likeness (QED) is 0.487. The van der Waals surface area contributed by atoms with Crippen LogP contribution in [-0.4, -0.2) is 24.0 Å². The molecule has 0 aliphatic carbocycles. The molecular weight excluding hydrogens is 361 g/mol. The summed E-state index contributed by atoms with van der Waals surface area (Å²) in [5.41, 5.74) is 2.09. The minimum Gasteiger partial charge on any atom is -0.508 e. The highest BCUT2D eigenvalue weighted by Crippen LogP contribution is 2.36. The third kappa shape index (κ3) is 6.15. The molecule has 4 nitrogen and oxygen atoms in total. The van der Waals surface area contributed by atoms with Gasteiger partial charge < -0.3 is 14.7 Å². The zero-order valence-corrected chi connectivity index (χ0v) is 15.7. The van der Waals surface area contributed by atoms with Gasteiger partial charge in [0.15, 0.2) is 5.75 Å². The highest BCUT2D eigenvalue weighted by Gasteiger charge is 2.09. The maximum atomic E-state index is 9.41. The highest BCUT2D eigenvalue weighted by atomic mass is 35.5. The summed E-state index contributed by atoms with van der Waals surface area (Å²) in [5, 5.41) is 14.0.